The zero-order valence-corrected chi connectivity index (χ0v) is 23.2. The van der Waals surface area contributed by atoms with E-state index in [1.54, 1.807) is 0 Å². The molecule has 0 aliphatic carbocycles. The molecule has 8 heteroatoms. The maximum absolute atomic E-state index is 6.80. The molecule has 2 aromatic carbocycles. The van der Waals surface area contributed by atoms with Crippen LogP contribution in [0.25, 0.3) is 0 Å². The minimum absolute atomic E-state index is 0.0455. The van der Waals surface area contributed by atoms with Crippen molar-refractivity contribution in [2.45, 2.75) is 26.9 Å². The van der Waals surface area contributed by atoms with Crippen LogP contribution in [0.1, 0.15) is 20.8 Å². The van der Waals surface area contributed by atoms with Gasteiger partial charge >= 0.3 is 0 Å². The van der Waals surface area contributed by atoms with Crippen LogP contribution in [0.3, 0.4) is 0 Å². The van der Waals surface area contributed by atoms with Crippen molar-refractivity contribution in [1.29, 1.82) is 0 Å². The van der Waals surface area contributed by atoms with Gasteiger partial charge in [0.05, 0.1) is 72.2 Å². The second-order valence-electron chi connectivity index (χ2n) is 9.35. The monoisotopic (exact) mass is 518 g/mol. The molecule has 0 aromatic heterocycles. The normalized spacial score (nSPS) is 12.8. The van der Waals surface area contributed by atoms with Crippen molar-refractivity contribution in [3.8, 4) is 0 Å². The number of nitrogens with two attached hydrogens (primary N) is 1. The summed E-state index contributed by atoms with van der Waals surface area (Å²) < 4.78 is 34.6. The van der Waals surface area contributed by atoms with Crippen LogP contribution >= 0.6 is 0 Å². The fraction of sp³-hybridized carbons (Fsp3) is 0.571. The molecule has 1 radical (unpaired) electrons. The Morgan fingerprint density at radius 1 is 0.611 bits per heavy atom. The van der Waals surface area contributed by atoms with Gasteiger partial charge in [0.15, 0.2) is 0 Å². The molecule has 7 nitrogen and oxygen atoms in total. The largest absolute Gasteiger partial charge is 0.401 e. The van der Waals surface area contributed by atoms with Crippen molar-refractivity contribution in [3.63, 3.8) is 0 Å². The summed E-state index contributed by atoms with van der Waals surface area (Å²) in [4.78, 5) is 0. The molecule has 1 atom stereocenters. The molecular formula is C28H44NO6Si. The topological polar surface area (TPSA) is 81.4 Å². The van der Waals surface area contributed by atoms with Gasteiger partial charge in [-0.05, 0) is 15.8 Å². The predicted octanol–water partition coefficient (Wildman–Crippen LogP) is 2.27. The summed E-state index contributed by atoms with van der Waals surface area (Å²) in [7, 11) is -1.40. The summed E-state index contributed by atoms with van der Waals surface area (Å²) in [5, 5.41) is 2.47. The number of ether oxygens (including phenoxy) is 5. The fourth-order valence-corrected chi connectivity index (χ4v) is 5.54. The van der Waals surface area contributed by atoms with Crippen LogP contribution in [0.4, 0.5) is 0 Å². The van der Waals surface area contributed by atoms with Gasteiger partial charge in [-0.1, -0.05) is 81.4 Å². The van der Waals surface area contributed by atoms with E-state index in [2.05, 4.69) is 69.3 Å². The smallest absolute Gasteiger partial charge is 0.283 e. The van der Waals surface area contributed by atoms with Gasteiger partial charge in [0.2, 0.25) is 0 Å². The number of hydrogen-bond donors (Lipinski definition) is 1. The molecule has 36 heavy (non-hydrogen) atoms. The van der Waals surface area contributed by atoms with E-state index in [9.17, 15) is 0 Å². The Morgan fingerprint density at radius 3 is 1.39 bits per heavy atom. The lowest BCUT2D eigenvalue weighted by Crippen LogP contribution is -2.50. The highest BCUT2D eigenvalue weighted by atomic mass is 28.3. The van der Waals surface area contributed by atoms with Crippen LogP contribution in [0, 0.1) is 5.41 Å². The van der Waals surface area contributed by atoms with Crippen LogP contribution in [-0.4, -0.2) is 87.8 Å². The van der Waals surface area contributed by atoms with E-state index in [4.69, 9.17) is 33.8 Å². The molecule has 0 bridgehead atoms. The van der Waals surface area contributed by atoms with Crippen LogP contribution < -0.4 is 16.1 Å². The molecule has 0 fully saturated rings. The molecule has 0 saturated heterocycles. The first kappa shape index (κ1) is 30.6. The zero-order chi connectivity index (χ0) is 25.9. The van der Waals surface area contributed by atoms with Gasteiger partial charge in [0.1, 0.15) is 0 Å². The third-order valence-corrected chi connectivity index (χ3v) is 7.55. The van der Waals surface area contributed by atoms with E-state index in [1.807, 2.05) is 12.1 Å². The van der Waals surface area contributed by atoms with Crippen molar-refractivity contribution >= 4 is 19.4 Å². The van der Waals surface area contributed by atoms with E-state index < -0.39 is 9.04 Å². The third kappa shape index (κ3) is 13.1. The maximum Gasteiger partial charge on any atom is 0.283 e. The molecule has 0 amide bonds. The van der Waals surface area contributed by atoms with E-state index in [-0.39, 0.29) is 11.5 Å². The van der Waals surface area contributed by atoms with Gasteiger partial charge in [-0.2, -0.15) is 0 Å². The maximum atomic E-state index is 6.80. The minimum Gasteiger partial charge on any atom is -0.401 e. The van der Waals surface area contributed by atoms with Gasteiger partial charge in [0.25, 0.3) is 9.04 Å². The lowest BCUT2D eigenvalue weighted by atomic mass is 9.90. The minimum atomic E-state index is -1.40. The van der Waals surface area contributed by atoms with Crippen molar-refractivity contribution in [1.82, 2.24) is 0 Å². The molecule has 2 rings (SSSR count). The molecule has 0 heterocycles. The summed E-state index contributed by atoms with van der Waals surface area (Å²) in [6.07, 6.45) is -0.0455. The fourth-order valence-electron chi connectivity index (χ4n) is 3.24. The van der Waals surface area contributed by atoms with Crippen molar-refractivity contribution < 1.29 is 28.1 Å². The number of benzene rings is 2. The molecule has 0 saturated carbocycles. The lowest BCUT2D eigenvalue weighted by molar-refractivity contribution is -0.0341. The highest BCUT2D eigenvalue weighted by molar-refractivity contribution is 6.80. The van der Waals surface area contributed by atoms with Crippen LogP contribution in [0.15, 0.2) is 60.7 Å². The SMILES string of the molecule is CC(C)(C)C(COCCOCCOCCOCCOCCN)O[Si](c1ccccc1)c1ccccc1. The summed E-state index contributed by atoms with van der Waals surface area (Å²) in [5.41, 5.74) is 5.29. The van der Waals surface area contributed by atoms with Gasteiger partial charge in [-0.3, -0.25) is 0 Å². The molecular weight excluding hydrogens is 474 g/mol. The quantitative estimate of drug-likeness (QED) is 0.213. The zero-order valence-electron chi connectivity index (χ0n) is 22.2. The second kappa shape index (κ2) is 18.6. The molecule has 2 N–H and O–H groups in total. The lowest BCUT2D eigenvalue weighted by Gasteiger charge is -2.33. The number of rotatable bonds is 20. The Kier molecular flexibility index (Phi) is 15.8. The second-order valence-corrected chi connectivity index (χ2v) is 11.4. The first-order valence-corrected chi connectivity index (χ1v) is 14.2. The van der Waals surface area contributed by atoms with Gasteiger partial charge < -0.3 is 33.8 Å². The van der Waals surface area contributed by atoms with Crippen molar-refractivity contribution in [3.05, 3.63) is 60.7 Å². The molecule has 0 aliphatic rings. The van der Waals surface area contributed by atoms with E-state index >= 15 is 0 Å². The summed E-state index contributed by atoms with van der Waals surface area (Å²) in [6.45, 7) is 12.5. The number of hydrogen-bond acceptors (Lipinski definition) is 7. The van der Waals surface area contributed by atoms with Crippen LogP contribution in [0.5, 0.6) is 0 Å². The summed E-state index contributed by atoms with van der Waals surface area (Å²) in [5.74, 6) is 0. The average molecular weight is 519 g/mol. The molecule has 2 aromatic rings. The van der Waals surface area contributed by atoms with Gasteiger partial charge in [-0.15, -0.1) is 0 Å². The molecule has 0 aliphatic heterocycles. The highest BCUT2D eigenvalue weighted by Gasteiger charge is 2.31. The van der Waals surface area contributed by atoms with Crippen molar-refractivity contribution in [2.75, 3.05) is 72.6 Å². The third-order valence-electron chi connectivity index (χ3n) is 5.32. The van der Waals surface area contributed by atoms with Crippen molar-refractivity contribution in [2.24, 2.45) is 11.1 Å². The van der Waals surface area contributed by atoms with E-state index in [0.29, 0.717) is 72.6 Å². The van der Waals surface area contributed by atoms with E-state index in [0.717, 1.165) is 0 Å². The standard InChI is InChI=1S/C28H44NO6Si/c1-28(2,3)27(35-36(25-10-6-4-7-11-25)26-12-8-5-9-13-26)24-34-23-22-33-21-20-32-19-18-31-17-16-30-15-14-29/h4-13,27H,14-24,29H2,1-3H3. The van der Waals surface area contributed by atoms with Gasteiger partial charge in [0, 0.05) is 6.54 Å². The first-order chi connectivity index (χ1) is 17.5. The highest BCUT2D eigenvalue weighted by Crippen LogP contribution is 2.23. The van der Waals surface area contributed by atoms with Crippen LogP contribution in [0.2, 0.25) is 0 Å². The Labute approximate surface area is 218 Å². The average Bonchev–Trinajstić information content (AvgIpc) is 2.88. The Hall–Kier alpha value is -1.62. The Bertz CT molecular complexity index is 735. The summed E-state index contributed by atoms with van der Waals surface area (Å²) >= 11 is 0. The predicted molar refractivity (Wildman–Crippen MR) is 145 cm³/mol. The first-order valence-electron chi connectivity index (χ1n) is 12.8. The Balaban J connectivity index is 1.66. The molecule has 201 valence electrons. The summed E-state index contributed by atoms with van der Waals surface area (Å²) in [6, 6.07) is 21.0. The van der Waals surface area contributed by atoms with E-state index in [1.165, 1.54) is 10.4 Å². The Morgan fingerprint density at radius 2 is 1.00 bits per heavy atom. The molecule has 1 unspecified atom stereocenters. The van der Waals surface area contributed by atoms with Crippen LogP contribution in [-0.2, 0) is 28.1 Å². The van der Waals surface area contributed by atoms with Gasteiger partial charge in [-0.25, -0.2) is 0 Å². The molecule has 0 spiro atoms.